The Morgan fingerprint density at radius 3 is 1.30 bits per heavy atom. The smallest absolute Gasteiger partial charge is 0.155 e. The molecule has 0 unspecified atom stereocenters. The third kappa shape index (κ3) is 32.0. The molecule has 604 valence electrons. The predicted molar refractivity (Wildman–Crippen MR) is 417 cm³/mol. The molecule has 3 aromatic carbocycles. The molecular weight excluding hydrogens is 2560 g/mol. The van der Waals surface area contributed by atoms with Gasteiger partial charge >= 0.3 is 0 Å². The number of nitrogens with zero attached hydrogens (tertiary/aromatic N) is 20. The number of aliphatic hydroxyl groups excluding tert-OH is 2. The van der Waals surface area contributed by atoms with Crippen LogP contribution in [0.4, 0.5) is 0 Å². The zero-order valence-corrected chi connectivity index (χ0v) is 76.7. The summed E-state index contributed by atoms with van der Waals surface area (Å²) in [5, 5.41) is 26.2. The van der Waals surface area contributed by atoms with Gasteiger partial charge in [0, 0.05) is 239 Å². The van der Waals surface area contributed by atoms with E-state index in [9.17, 15) is 9.59 Å². The Hall–Kier alpha value is -11.1. The summed E-state index contributed by atoms with van der Waals surface area (Å²) in [6.45, 7) is 5.70. The standard InChI is InChI=1S/C13H10N3.C13H9N2.C12H8N3.C11H7N4.C10H8N2.C9H7N2.C7H5N4.2C5H8O2.ClH.4Ir.2Pt/c1-2-6-12(7-3-1)16-11-8-14-13(16)15-9-4-5-10-15;1-2-6-12-10-15(9-11(12)5-1)13-7-3-4-8-14-13;1-2-6-11-10(5-1)14-9-15(11)12-7-3-4-8-13-12;1-2-6-12-10(5-1)15-8-14-9-4-3-7-13-11(9)15;1-3-7-11-9(5-1)10-6-2-4-8-12-10;1-2-6-10-9(5-1)11-7-3-4-8-11;1-2-4-8-7(3-1)11-5-9-10-6-11;2*1-4(6)3-5(2)7;;;;;;;/h1-9,11H;1-9H;1-8H;1-7H;1-8H;1-7H;1-5H;2*3,6H,1-2H3;1H;;;;;;/q4*-1;;2*-1;;;;;;;;;/p-1. The van der Waals surface area contributed by atoms with E-state index in [0.29, 0.717) is 0 Å². The molecule has 0 saturated carbocycles. The SMILES string of the molecule is CC(=O)C=C(C)O.CC(=O)C=C(C)O.[Cl-].[Ir].[Ir].[Ir].[Ir].[Pt].[Pt].[c-]1c2ccccc2cn1-c1ccccn1.[c-]1cccn1-c1ccccn1.[c-]1cccn1-c1nccn1-c1ccccc1.[c-]1nc2ccccc2n1-c1ccccn1.[c-]1nc2cccnc2n1-c1ccccn1.[c-]1nncn1-c1ccccn1.c1ccc(-c2ccccn2)nc1. The quantitative estimate of drug-likeness (QED) is 0.0731. The second kappa shape index (κ2) is 54.7. The largest absolute Gasteiger partial charge is 1.00 e. The van der Waals surface area contributed by atoms with Gasteiger partial charge in [-0.1, -0.05) is 175 Å². The van der Waals surface area contributed by atoms with Crippen LogP contribution in [0.2, 0.25) is 0 Å². The minimum absolute atomic E-state index is 0. The van der Waals surface area contributed by atoms with Crippen molar-refractivity contribution in [2.45, 2.75) is 27.7 Å². The third-order valence-electron chi connectivity index (χ3n) is 14.3. The van der Waals surface area contributed by atoms with Gasteiger partial charge in [0.2, 0.25) is 0 Å². The maximum atomic E-state index is 10.0. The van der Waals surface area contributed by atoms with Crippen molar-refractivity contribution in [2.24, 2.45) is 0 Å². The normalized spacial score (nSPS) is 9.83. The summed E-state index contributed by atoms with van der Waals surface area (Å²) in [5.41, 5.74) is 6.48. The van der Waals surface area contributed by atoms with Gasteiger partial charge in [-0.3, -0.25) is 49.5 Å². The molecule has 0 amide bonds. The summed E-state index contributed by atoms with van der Waals surface area (Å²) in [7, 11) is 0. The van der Waals surface area contributed by atoms with E-state index in [1.54, 1.807) is 71.2 Å². The van der Waals surface area contributed by atoms with Crippen molar-refractivity contribution >= 4 is 44.5 Å². The van der Waals surface area contributed by atoms with Crippen LogP contribution in [0.15, 0.2) is 353 Å². The summed E-state index contributed by atoms with van der Waals surface area (Å²) < 4.78 is 12.9. The molecule has 18 rings (SSSR count). The number of carbonyl (C=O) groups excluding carboxylic acids is 2. The molecule has 15 heterocycles. The van der Waals surface area contributed by atoms with Crippen LogP contribution in [0.1, 0.15) is 27.7 Å². The average Bonchev–Trinajstić information content (AvgIpc) is 1.69. The van der Waals surface area contributed by atoms with Gasteiger partial charge in [0.15, 0.2) is 11.6 Å². The number of pyridine rings is 8. The molecule has 15 aromatic heterocycles. The van der Waals surface area contributed by atoms with Crippen molar-refractivity contribution < 1.29 is 155 Å². The van der Waals surface area contributed by atoms with Crippen molar-refractivity contribution in [1.82, 2.24) is 97.0 Å². The number of hydrogen-bond donors (Lipinski definition) is 2. The number of halogens is 1. The van der Waals surface area contributed by atoms with E-state index in [1.165, 1.54) is 45.2 Å². The van der Waals surface area contributed by atoms with Crippen LogP contribution in [0.25, 0.3) is 85.1 Å². The molecule has 0 aliphatic heterocycles. The number of allylic oxidation sites excluding steroid dienone is 4. The Morgan fingerprint density at radius 2 is 0.828 bits per heavy atom. The topological polar surface area (TPSA) is 277 Å². The number of ketones is 2. The molecule has 0 atom stereocenters. The van der Waals surface area contributed by atoms with E-state index < -0.39 is 0 Å². The molecule has 0 fully saturated rings. The van der Waals surface area contributed by atoms with Gasteiger partial charge in [-0.15, -0.1) is 36.0 Å². The fraction of sp³-hybridized carbons (Fsp3) is 0.0471. The van der Waals surface area contributed by atoms with Crippen LogP contribution in [0.5, 0.6) is 0 Å². The molecule has 0 bridgehead atoms. The number of aliphatic hydroxyl groups is 2. The van der Waals surface area contributed by atoms with E-state index in [4.69, 9.17) is 10.2 Å². The number of benzene rings is 3. The van der Waals surface area contributed by atoms with Crippen LogP contribution in [-0.4, -0.2) is 119 Å². The maximum absolute atomic E-state index is 10.0. The van der Waals surface area contributed by atoms with Gasteiger partial charge in [-0.05, 0) is 112 Å². The summed E-state index contributed by atoms with van der Waals surface area (Å²) in [6, 6.07) is 77.9. The molecule has 31 heteroatoms. The first-order valence-corrected chi connectivity index (χ1v) is 33.6. The Morgan fingerprint density at radius 1 is 0.388 bits per heavy atom. The summed E-state index contributed by atoms with van der Waals surface area (Å²) in [5.74, 6) is 4.91. The summed E-state index contributed by atoms with van der Waals surface area (Å²) >= 11 is 0. The van der Waals surface area contributed by atoms with Crippen LogP contribution in [-0.2, 0) is 132 Å². The molecule has 18 aromatic rings. The molecule has 116 heavy (non-hydrogen) atoms. The van der Waals surface area contributed by atoms with Crippen molar-refractivity contribution in [1.29, 1.82) is 0 Å². The van der Waals surface area contributed by atoms with Crippen molar-refractivity contribution in [2.75, 3.05) is 0 Å². The fourth-order valence-electron chi connectivity index (χ4n) is 9.66. The Bertz CT molecular complexity index is 5400. The Labute approximate surface area is 759 Å². The summed E-state index contributed by atoms with van der Waals surface area (Å²) in [6.07, 6.45) is 45.4. The third-order valence-corrected chi connectivity index (χ3v) is 14.3. The fourth-order valence-corrected chi connectivity index (χ4v) is 9.66. The number of fused-ring (bicyclic) bond motifs is 3. The van der Waals surface area contributed by atoms with Gasteiger partial charge in [-0.2, -0.15) is 12.1 Å². The van der Waals surface area contributed by atoms with E-state index in [0.717, 1.165) is 79.7 Å². The van der Waals surface area contributed by atoms with E-state index >= 15 is 0 Å². The Kier molecular flexibility index (Phi) is 46.7. The second-order valence-corrected chi connectivity index (χ2v) is 22.5. The number of imidazole rings is 3. The first kappa shape index (κ1) is 99.1. The molecule has 0 aliphatic carbocycles. The molecule has 2 N–H and O–H groups in total. The van der Waals surface area contributed by atoms with E-state index in [1.807, 2.05) is 266 Å². The Balaban J connectivity index is 0.000000339. The summed E-state index contributed by atoms with van der Waals surface area (Å²) in [4.78, 5) is 66.3. The first-order chi connectivity index (χ1) is 53.4. The number of hydrogen-bond acceptors (Lipinski definition) is 17. The van der Waals surface area contributed by atoms with Gasteiger partial charge in [0.1, 0.15) is 5.95 Å². The van der Waals surface area contributed by atoms with Crippen LogP contribution in [0.3, 0.4) is 0 Å². The van der Waals surface area contributed by atoms with Gasteiger partial charge < -0.3 is 69.5 Å². The molecular formula is C85H70ClIr4N20O4Pt2-7. The maximum Gasteiger partial charge on any atom is 0.155 e. The van der Waals surface area contributed by atoms with E-state index in [-0.39, 0.29) is 158 Å². The first-order valence-electron chi connectivity index (χ1n) is 33.6. The number of rotatable bonds is 10. The number of para-hydroxylation sites is 3. The number of aromatic nitrogens is 20. The van der Waals surface area contributed by atoms with Crippen molar-refractivity contribution in [3.05, 3.63) is 391 Å². The molecule has 4 radical (unpaired) electrons. The van der Waals surface area contributed by atoms with Crippen molar-refractivity contribution in [3.63, 3.8) is 0 Å². The zero-order chi connectivity index (χ0) is 76.0. The van der Waals surface area contributed by atoms with Crippen LogP contribution < -0.4 is 12.4 Å². The molecule has 24 nitrogen and oxygen atoms in total. The van der Waals surface area contributed by atoms with E-state index in [2.05, 4.69) is 127 Å². The molecule has 0 spiro atoms. The number of carbonyl (C=O) groups is 2. The second-order valence-electron chi connectivity index (χ2n) is 22.5. The molecule has 0 saturated heterocycles. The van der Waals surface area contributed by atoms with Crippen LogP contribution >= 0.6 is 0 Å². The predicted octanol–water partition coefficient (Wildman–Crippen LogP) is 12.5. The minimum Gasteiger partial charge on any atom is -1.00 e. The van der Waals surface area contributed by atoms with Gasteiger partial charge in [-0.25, -0.2) is 10.2 Å². The average molecular weight is 2630 g/mol. The monoisotopic (exact) mass is 2630 g/mol. The van der Waals surface area contributed by atoms with Gasteiger partial charge in [0.25, 0.3) is 0 Å². The van der Waals surface area contributed by atoms with Gasteiger partial charge in [0.05, 0.1) is 46.2 Å². The minimum atomic E-state index is -0.125. The zero-order valence-electron chi connectivity index (χ0n) is 61.8. The molecule has 0 aliphatic rings. The van der Waals surface area contributed by atoms with Crippen molar-refractivity contribution in [3.8, 4) is 52.1 Å². The van der Waals surface area contributed by atoms with Crippen LogP contribution in [0, 0.1) is 37.6 Å².